The lowest BCUT2D eigenvalue weighted by molar-refractivity contribution is -0.209. The zero-order valence-electron chi connectivity index (χ0n) is 15.9. The molecular formula is C21H29ClNO5-. The van der Waals surface area contributed by atoms with Gasteiger partial charge in [0.15, 0.2) is 11.5 Å². The average molecular weight is 411 g/mol. The van der Waals surface area contributed by atoms with E-state index in [0.29, 0.717) is 18.6 Å². The molecule has 1 spiro atoms. The van der Waals surface area contributed by atoms with Crippen molar-refractivity contribution in [2.45, 2.75) is 74.2 Å². The van der Waals surface area contributed by atoms with Crippen LogP contribution < -0.4 is 17.1 Å². The molecule has 0 unspecified atom stereocenters. The van der Waals surface area contributed by atoms with Crippen LogP contribution in [0.25, 0.3) is 0 Å². The molecule has 6 nitrogen and oxygen atoms in total. The van der Waals surface area contributed by atoms with Gasteiger partial charge in [0.25, 0.3) is 0 Å². The molecule has 2 aliphatic heterocycles. The molecule has 0 aromatic heterocycles. The van der Waals surface area contributed by atoms with Gasteiger partial charge < -0.3 is 37.9 Å². The first-order valence-electron chi connectivity index (χ1n) is 10.2. The van der Waals surface area contributed by atoms with Crippen molar-refractivity contribution < 1.29 is 37.9 Å². The minimum atomic E-state index is -0.884. The first-order chi connectivity index (χ1) is 12.5. The third kappa shape index (κ3) is 2.18. The van der Waals surface area contributed by atoms with Crippen LogP contribution in [0.15, 0.2) is 12.1 Å². The summed E-state index contributed by atoms with van der Waals surface area (Å²) in [6.07, 6.45) is 5.68. The van der Waals surface area contributed by atoms with Crippen LogP contribution in [0.3, 0.4) is 0 Å². The number of likely N-dealkylation sites (tertiary alicyclic amines) is 1. The number of phenolic OH excluding ortho intramolecular Hbond substituents is 1. The highest BCUT2D eigenvalue weighted by atomic mass is 35.5. The maximum absolute atomic E-state index is 12.1. The third-order valence-corrected chi connectivity index (χ3v) is 8.26. The quantitative estimate of drug-likeness (QED) is 0.517. The van der Waals surface area contributed by atoms with Crippen molar-refractivity contribution in [2.75, 3.05) is 13.1 Å². The molecule has 3 aliphatic carbocycles. The molecule has 28 heavy (non-hydrogen) atoms. The fourth-order valence-electron chi connectivity index (χ4n) is 6.83. The minimum absolute atomic E-state index is 0. The summed E-state index contributed by atoms with van der Waals surface area (Å²) < 4.78 is 6.16. The molecule has 2 bridgehead atoms. The number of piperidine rings is 1. The van der Waals surface area contributed by atoms with Crippen LogP contribution in [-0.2, 0) is 11.8 Å². The molecular weight excluding hydrogens is 382 g/mol. The molecule has 7 heteroatoms. The van der Waals surface area contributed by atoms with E-state index in [1.165, 1.54) is 24.8 Å². The summed E-state index contributed by atoms with van der Waals surface area (Å²) in [6, 6.07) is 3.80. The van der Waals surface area contributed by atoms with Gasteiger partial charge in [-0.15, -0.1) is 0 Å². The van der Waals surface area contributed by atoms with Crippen LogP contribution in [0.1, 0.15) is 49.7 Å². The Labute approximate surface area is 171 Å². The molecule has 156 valence electrons. The Morgan fingerprint density at radius 3 is 2.68 bits per heavy atom. The Morgan fingerprint density at radius 2 is 1.96 bits per heavy atom. The highest BCUT2D eigenvalue weighted by Crippen LogP contribution is 2.65. The molecule has 6 rings (SSSR count). The van der Waals surface area contributed by atoms with Crippen molar-refractivity contribution in [3.05, 3.63) is 23.3 Å². The average Bonchev–Trinajstić information content (AvgIpc) is 2.93. The molecule has 2 saturated carbocycles. The summed E-state index contributed by atoms with van der Waals surface area (Å²) in [5.41, 5.74) is 0.712. The number of halogens is 1. The van der Waals surface area contributed by atoms with Crippen LogP contribution in [0.4, 0.5) is 0 Å². The minimum Gasteiger partial charge on any atom is -1.00 e. The Bertz CT molecular complexity index is 786. The number of ether oxygens (including phenoxy) is 1. The Hall–Kier alpha value is -1.05. The summed E-state index contributed by atoms with van der Waals surface area (Å²) in [6.45, 7) is 2.02. The SMILES string of the molecule is O.Oc1ccc2c3c1O[C@H]1[C@@H](O)CC[C@@]4(O)[C@@H](C2)N(CC2CCC2)CC[C@]314.[Cl-]. The Balaban J connectivity index is 0.000000961. The lowest BCUT2D eigenvalue weighted by Gasteiger charge is -2.64. The molecule has 5 N–H and O–H groups in total. The van der Waals surface area contributed by atoms with Crippen molar-refractivity contribution in [2.24, 2.45) is 5.92 Å². The van der Waals surface area contributed by atoms with Crippen LogP contribution >= 0.6 is 0 Å². The molecule has 1 aromatic rings. The van der Waals surface area contributed by atoms with Gasteiger partial charge in [0, 0.05) is 18.2 Å². The molecule has 5 atom stereocenters. The van der Waals surface area contributed by atoms with Gasteiger partial charge in [-0.3, -0.25) is 4.90 Å². The standard InChI is InChI=1S/C21H27NO4.ClH.H2O/c23-14-5-4-13-10-16-21(25)7-6-15(24)19-20(21,17(13)18(14)26-19)8-9-22(16)11-12-2-1-3-12;;/h4-5,12,15-16,19,23-25H,1-3,6-11H2;1H;1H2/p-1/t15-,16+,19-,20-,21+;;/m0../s1. The number of phenols is 1. The molecule has 2 heterocycles. The van der Waals surface area contributed by atoms with E-state index < -0.39 is 23.2 Å². The van der Waals surface area contributed by atoms with Crippen LogP contribution in [0, 0.1) is 5.92 Å². The Kier molecular flexibility index (Phi) is 4.68. The van der Waals surface area contributed by atoms with E-state index in [-0.39, 0.29) is 29.7 Å². The highest BCUT2D eigenvalue weighted by Gasteiger charge is 2.72. The number of nitrogens with zero attached hydrogens (tertiary/aromatic N) is 1. The number of hydrogen-bond acceptors (Lipinski definition) is 5. The van der Waals surface area contributed by atoms with Crippen molar-refractivity contribution in [3.8, 4) is 11.5 Å². The van der Waals surface area contributed by atoms with Gasteiger partial charge in [0.1, 0.15) is 6.10 Å². The molecule has 3 fully saturated rings. The summed E-state index contributed by atoms with van der Waals surface area (Å²) >= 11 is 0. The second kappa shape index (κ2) is 6.47. The normalized spacial score (nSPS) is 40.4. The fraction of sp³-hybridized carbons (Fsp3) is 0.714. The Morgan fingerprint density at radius 1 is 1.18 bits per heavy atom. The number of rotatable bonds is 2. The van der Waals surface area contributed by atoms with E-state index in [4.69, 9.17) is 4.74 Å². The van der Waals surface area contributed by atoms with Gasteiger partial charge in [-0.2, -0.15) is 0 Å². The lowest BCUT2D eigenvalue weighted by atomic mass is 9.48. The molecule has 0 amide bonds. The largest absolute Gasteiger partial charge is 1.00 e. The number of aliphatic hydroxyl groups excluding tert-OH is 1. The predicted octanol–water partition coefficient (Wildman–Crippen LogP) is -2.11. The second-order valence-electron chi connectivity index (χ2n) is 9.25. The molecule has 1 aromatic carbocycles. The predicted molar refractivity (Wildman–Crippen MR) is 99.0 cm³/mol. The van der Waals surface area contributed by atoms with E-state index in [1.807, 2.05) is 6.07 Å². The van der Waals surface area contributed by atoms with Crippen molar-refractivity contribution in [3.63, 3.8) is 0 Å². The maximum Gasteiger partial charge on any atom is 0.165 e. The van der Waals surface area contributed by atoms with Gasteiger partial charge in [-0.05, 0) is 62.6 Å². The topological polar surface area (TPSA) is 105 Å². The molecule has 0 radical (unpaired) electrons. The first-order valence-corrected chi connectivity index (χ1v) is 10.2. The zero-order valence-corrected chi connectivity index (χ0v) is 16.7. The summed E-state index contributed by atoms with van der Waals surface area (Å²) in [5.74, 6) is 1.42. The third-order valence-electron chi connectivity index (χ3n) is 8.26. The van der Waals surface area contributed by atoms with Crippen molar-refractivity contribution >= 4 is 0 Å². The number of aromatic hydroxyl groups is 1. The van der Waals surface area contributed by atoms with Crippen LogP contribution in [-0.4, -0.2) is 62.6 Å². The van der Waals surface area contributed by atoms with Gasteiger partial charge in [0.2, 0.25) is 0 Å². The van der Waals surface area contributed by atoms with Crippen molar-refractivity contribution in [1.82, 2.24) is 4.90 Å². The molecule has 1 saturated heterocycles. The first kappa shape index (κ1) is 20.2. The van der Waals surface area contributed by atoms with Gasteiger partial charge >= 0.3 is 0 Å². The van der Waals surface area contributed by atoms with E-state index in [0.717, 1.165) is 37.4 Å². The summed E-state index contributed by atoms with van der Waals surface area (Å²) in [7, 11) is 0. The number of aliphatic hydroxyl groups is 2. The smallest absolute Gasteiger partial charge is 0.165 e. The second-order valence-corrected chi connectivity index (χ2v) is 9.25. The summed E-state index contributed by atoms with van der Waals surface area (Å²) in [4.78, 5) is 2.53. The summed E-state index contributed by atoms with van der Waals surface area (Å²) in [5, 5.41) is 33.2. The fourth-order valence-corrected chi connectivity index (χ4v) is 6.83. The number of hydrogen-bond donors (Lipinski definition) is 3. The van der Waals surface area contributed by atoms with E-state index >= 15 is 0 Å². The van der Waals surface area contributed by atoms with Gasteiger partial charge in [-0.1, -0.05) is 12.5 Å². The van der Waals surface area contributed by atoms with Gasteiger partial charge in [0.05, 0.1) is 17.1 Å². The van der Waals surface area contributed by atoms with Gasteiger partial charge in [-0.25, -0.2) is 0 Å². The van der Waals surface area contributed by atoms with Crippen LogP contribution in [0.5, 0.6) is 11.5 Å². The van der Waals surface area contributed by atoms with E-state index in [9.17, 15) is 15.3 Å². The van der Waals surface area contributed by atoms with Crippen LogP contribution in [0.2, 0.25) is 0 Å². The van der Waals surface area contributed by atoms with E-state index in [1.54, 1.807) is 6.07 Å². The van der Waals surface area contributed by atoms with E-state index in [2.05, 4.69) is 4.90 Å². The highest BCUT2D eigenvalue weighted by molar-refractivity contribution is 5.62. The monoisotopic (exact) mass is 410 g/mol. The maximum atomic E-state index is 12.1. The zero-order chi connectivity index (χ0) is 17.7. The van der Waals surface area contributed by atoms with Crippen molar-refractivity contribution in [1.29, 1.82) is 0 Å². The number of benzene rings is 1. The molecule has 5 aliphatic rings. The lowest BCUT2D eigenvalue weighted by Crippen LogP contribution is -3.00.